The molecule has 2 aromatic carbocycles. The number of para-hydroxylation sites is 1. The van der Waals surface area contributed by atoms with Crippen molar-refractivity contribution in [1.82, 2.24) is 0 Å². The average Bonchev–Trinajstić information content (AvgIpc) is 2.46. The molecule has 0 spiro atoms. The van der Waals surface area contributed by atoms with E-state index in [0.29, 0.717) is 17.1 Å². The van der Waals surface area contributed by atoms with E-state index in [1.807, 2.05) is 30.3 Å². The maximum Gasteiger partial charge on any atom is 0.339 e. The molecule has 2 rings (SSSR count). The molecule has 0 heterocycles. The molecule has 0 saturated carbocycles. The highest BCUT2D eigenvalue weighted by molar-refractivity contribution is 9.10. The molecule has 0 bridgehead atoms. The predicted molar refractivity (Wildman–Crippen MR) is 84.3 cm³/mol. The first-order valence-corrected chi connectivity index (χ1v) is 7.14. The molecule has 1 N–H and O–H groups in total. The number of halogens is 2. The van der Waals surface area contributed by atoms with Gasteiger partial charge in [-0.1, -0.05) is 45.7 Å². The fourth-order valence-electron chi connectivity index (χ4n) is 1.78. The first kappa shape index (κ1) is 14.9. The summed E-state index contributed by atoms with van der Waals surface area (Å²) in [6, 6.07) is 12.9. The van der Waals surface area contributed by atoms with Crippen LogP contribution in [0.15, 0.2) is 46.9 Å². The third kappa shape index (κ3) is 3.52. The van der Waals surface area contributed by atoms with E-state index >= 15 is 0 Å². The standard InChI is InChI=1S/C15H13BrClNO2/c1-20-15(19)12-4-2-3-5-14(12)18-9-10-6-7-11(16)8-13(10)17/h2-8,18H,9H2,1H3. The van der Waals surface area contributed by atoms with E-state index < -0.39 is 0 Å². The van der Waals surface area contributed by atoms with Gasteiger partial charge in [0.25, 0.3) is 0 Å². The lowest BCUT2D eigenvalue weighted by Gasteiger charge is -2.11. The first-order valence-electron chi connectivity index (χ1n) is 5.97. The minimum Gasteiger partial charge on any atom is -0.465 e. The summed E-state index contributed by atoms with van der Waals surface area (Å²) in [5, 5.41) is 3.87. The number of hydrogen-bond donors (Lipinski definition) is 1. The number of ether oxygens (including phenoxy) is 1. The molecule has 0 fully saturated rings. The van der Waals surface area contributed by atoms with Gasteiger partial charge in [0, 0.05) is 21.7 Å². The Bertz CT molecular complexity index is 631. The lowest BCUT2D eigenvalue weighted by Crippen LogP contribution is -2.08. The van der Waals surface area contributed by atoms with Crippen LogP contribution >= 0.6 is 27.5 Å². The fraction of sp³-hybridized carbons (Fsp3) is 0.133. The van der Waals surface area contributed by atoms with Gasteiger partial charge in [0.15, 0.2) is 0 Å². The number of benzene rings is 2. The summed E-state index contributed by atoms with van der Waals surface area (Å²) in [6.45, 7) is 0.528. The predicted octanol–water partition coefficient (Wildman–Crippen LogP) is 4.50. The summed E-state index contributed by atoms with van der Waals surface area (Å²) in [7, 11) is 1.37. The molecule has 2 aromatic rings. The largest absolute Gasteiger partial charge is 0.465 e. The molecular formula is C15H13BrClNO2. The van der Waals surface area contributed by atoms with Gasteiger partial charge in [-0.3, -0.25) is 0 Å². The van der Waals surface area contributed by atoms with Gasteiger partial charge < -0.3 is 10.1 Å². The van der Waals surface area contributed by atoms with E-state index in [9.17, 15) is 4.79 Å². The van der Waals surface area contributed by atoms with Crippen molar-refractivity contribution in [3.05, 3.63) is 63.1 Å². The van der Waals surface area contributed by atoms with Crippen molar-refractivity contribution in [1.29, 1.82) is 0 Å². The Kier molecular flexibility index (Phi) is 5.04. The Morgan fingerprint density at radius 3 is 2.75 bits per heavy atom. The van der Waals surface area contributed by atoms with E-state index in [0.717, 1.165) is 15.7 Å². The number of carbonyl (C=O) groups excluding carboxylic acids is 1. The zero-order valence-corrected chi connectivity index (χ0v) is 13.2. The minimum absolute atomic E-state index is 0.366. The summed E-state index contributed by atoms with van der Waals surface area (Å²) in [5.41, 5.74) is 2.18. The van der Waals surface area contributed by atoms with Crippen molar-refractivity contribution in [2.45, 2.75) is 6.54 Å². The van der Waals surface area contributed by atoms with Crippen molar-refractivity contribution >= 4 is 39.2 Å². The van der Waals surface area contributed by atoms with Crippen LogP contribution in [0.1, 0.15) is 15.9 Å². The Labute approximate surface area is 131 Å². The van der Waals surface area contributed by atoms with Gasteiger partial charge in [0.05, 0.1) is 12.7 Å². The molecule has 20 heavy (non-hydrogen) atoms. The van der Waals surface area contributed by atoms with Crippen LogP contribution in [0.4, 0.5) is 5.69 Å². The smallest absolute Gasteiger partial charge is 0.339 e. The Hall–Kier alpha value is -1.52. The molecule has 0 unspecified atom stereocenters. The van der Waals surface area contributed by atoms with Crippen molar-refractivity contribution in [2.75, 3.05) is 12.4 Å². The summed E-state index contributed by atoms with van der Waals surface area (Å²) in [5.74, 6) is -0.366. The Morgan fingerprint density at radius 1 is 1.30 bits per heavy atom. The molecule has 5 heteroatoms. The third-order valence-electron chi connectivity index (χ3n) is 2.82. The number of nitrogens with one attached hydrogen (secondary N) is 1. The van der Waals surface area contributed by atoms with Gasteiger partial charge in [0.2, 0.25) is 0 Å². The molecule has 0 aliphatic heterocycles. The summed E-state index contributed by atoms with van der Waals surface area (Å²) in [4.78, 5) is 11.7. The molecule has 0 atom stereocenters. The van der Waals surface area contributed by atoms with Gasteiger partial charge in [0.1, 0.15) is 0 Å². The lowest BCUT2D eigenvalue weighted by molar-refractivity contribution is 0.0602. The van der Waals surface area contributed by atoms with E-state index in [4.69, 9.17) is 16.3 Å². The molecule has 0 radical (unpaired) electrons. The highest BCUT2D eigenvalue weighted by Gasteiger charge is 2.11. The quantitative estimate of drug-likeness (QED) is 0.822. The maximum atomic E-state index is 11.7. The normalized spacial score (nSPS) is 10.2. The second-order valence-corrected chi connectivity index (χ2v) is 5.45. The number of methoxy groups -OCH3 is 1. The molecule has 0 aromatic heterocycles. The van der Waals surface area contributed by atoms with Crippen LogP contribution in [0.3, 0.4) is 0 Å². The topological polar surface area (TPSA) is 38.3 Å². The van der Waals surface area contributed by atoms with E-state index in [2.05, 4.69) is 21.2 Å². The van der Waals surface area contributed by atoms with Crippen LogP contribution in [0, 0.1) is 0 Å². The molecule has 0 saturated heterocycles. The molecule has 3 nitrogen and oxygen atoms in total. The number of esters is 1. The van der Waals surface area contributed by atoms with Gasteiger partial charge in [-0.05, 0) is 29.8 Å². The number of hydrogen-bond acceptors (Lipinski definition) is 3. The highest BCUT2D eigenvalue weighted by Crippen LogP contribution is 2.23. The zero-order chi connectivity index (χ0) is 14.5. The van der Waals surface area contributed by atoms with E-state index in [1.165, 1.54) is 7.11 Å². The summed E-state index contributed by atoms with van der Waals surface area (Å²) in [6.07, 6.45) is 0. The molecule has 0 aliphatic rings. The number of carbonyl (C=O) groups is 1. The van der Waals surface area contributed by atoms with Crippen LogP contribution in [-0.4, -0.2) is 13.1 Å². The van der Waals surface area contributed by atoms with Gasteiger partial charge >= 0.3 is 5.97 Å². The van der Waals surface area contributed by atoms with Gasteiger partial charge in [-0.25, -0.2) is 4.79 Å². The second-order valence-electron chi connectivity index (χ2n) is 4.13. The molecule has 104 valence electrons. The Morgan fingerprint density at radius 2 is 2.05 bits per heavy atom. The van der Waals surface area contributed by atoms with E-state index in [1.54, 1.807) is 12.1 Å². The van der Waals surface area contributed by atoms with Crippen LogP contribution in [0.2, 0.25) is 5.02 Å². The monoisotopic (exact) mass is 353 g/mol. The highest BCUT2D eigenvalue weighted by atomic mass is 79.9. The van der Waals surface area contributed by atoms with Gasteiger partial charge in [-0.2, -0.15) is 0 Å². The fourth-order valence-corrected chi connectivity index (χ4v) is 2.52. The summed E-state index contributed by atoms with van der Waals surface area (Å²) >= 11 is 9.53. The molecule has 0 aliphatic carbocycles. The van der Waals surface area contributed by atoms with Crippen molar-refractivity contribution in [3.8, 4) is 0 Å². The van der Waals surface area contributed by atoms with Crippen LogP contribution in [0.5, 0.6) is 0 Å². The SMILES string of the molecule is COC(=O)c1ccccc1NCc1ccc(Br)cc1Cl. The lowest BCUT2D eigenvalue weighted by atomic mass is 10.1. The third-order valence-corrected chi connectivity index (χ3v) is 3.66. The van der Waals surface area contributed by atoms with Crippen LogP contribution in [-0.2, 0) is 11.3 Å². The van der Waals surface area contributed by atoms with E-state index in [-0.39, 0.29) is 5.97 Å². The average molecular weight is 355 g/mol. The van der Waals surface area contributed by atoms with Gasteiger partial charge in [-0.15, -0.1) is 0 Å². The van der Waals surface area contributed by atoms with Crippen LogP contribution in [0.25, 0.3) is 0 Å². The zero-order valence-electron chi connectivity index (χ0n) is 10.8. The van der Waals surface area contributed by atoms with Crippen LogP contribution < -0.4 is 5.32 Å². The molecular weight excluding hydrogens is 342 g/mol. The van der Waals surface area contributed by atoms with Crippen molar-refractivity contribution in [2.24, 2.45) is 0 Å². The number of rotatable bonds is 4. The van der Waals surface area contributed by atoms with Crippen molar-refractivity contribution < 1.29 is 9.53 Å². The summed E-state index contributed by atoms with van der Waals surface area (Å²) < 4.78 is 5.69. The van der Waals surface area contributed by atoms with Crippen molar-refractivity contribution in [3.63, 3.8) is 0 Å². The minimum atomic E-state index is -0.366. The second kappa shape index (κ2) is 6.77. The Balaban J connectivity index is 2.17. The first-order chi connectivity index (χ1) is 9.61. The number of anilines is 1. The maximum absolute atomic E-state index is 11.7. The molecule has 0 amide bonds.